The molecule has 24 heavy (non-hydrogen) atoms. The summed E-state index contributed by atoms with van der Waals surface area (Å²) in [6, 6.07) is 8.04. The van der Waals surface area contributed by atoms with E-state index in [0.717, 1.165) is 38.9 Å². The molecule has 1 fully saturated rings. The molecule has 0 spiro atoms. The minimum absolute atomic E-state index is 0.0904. The van der Waals surface area contributed by atoms with Crippen LogP contribution in [0.2, 0.25) is 0 Å². The zero-order valence-electron chi connectivity index (χ0n) is 14.1. The van der Waals surface area contributed by atoms with Crippen LogP contribution >= 0.6 is 0 Å². The molecule has 1 amide bonds. The first kappa shape index (κ1) is 16.6. The van der Waals surface area contributed by atoms with Gasteiger partial charge in [-0.15, -0.1) is 0 Å². The minimum atomic E-state index is 0.0904. The van der Waals surface area contributed by atoms with Crippen molar-refractivity contribution in [3.05, 3.63) is 60.2 Å². The Morgan fingerprint density at radius 3 is 2.29 bits per heavy atom. The van der Waals surface area contributed by atoms with Gasteiger partial charge in [0.15, 0.2) is 0 Å². The highest BCUT2D eigenvalue weighted by Crippen LogP contribution is 2.18. The van der Waals surface area contributed by atoms with Gasteiger partial charge in [-0.05, 0) is 49.1 Å². The molecule has 1 aliphatic rings. The number of amides is 1. The molecule has 3 rings (SSSR count). The fourth-order valence-electron chi connectivity index (χ4n) is 3.23. The molecule has 0 bridgehead atoms. The lowest BCUT2D eigenvalue weighted by Crippen LogP contribution is -2.46. The number of pyridine rings is 2. The van der Waals surface area contributed by atoms with Crippen molar-refractivity contribution < 1.29 is 4.79 Å². The second-order valence-corrected chi connectivity index (χ2v) is 6.33. The zero-order chi connectivity index (χ0) is 16.8. The van der Waals surface area contributed by atoms with Gasteiger partial charge in [-0.1, -0.05) is 0 Å². The number of rotatable bonds is 5. The van der Waals surface area contributed by atoms with Crippen molar-refractivity contribution in [2.24, 2.45) is 0 Å². The van der Waals surface area contributed by atoms with Crippen LogP contribution in [0.5, 0.6) is 0 Å². The van der Waals surface area contributed by atoms with Crippen LogP contribution in [0.25, 0.3) is 0 Å². The number of likely N-dealkylation sites (tertiary alicyclic amines) is 1. The first-order valence-electron chi connectivity index (χ1n) is 8.52. The topological polar surface area (TPSA) is 49.3 Å². The normalized spacial score (nSPS) is 16.0. The molecule has 0 saturated carbocycles. The highest BCUT2D eigenvalue weighted by atomic mass is 16.2. The molecular formula is C19H24N4O. The molecule has 0 aromatic carbocycles. The van der Waals surface area contributed by atoms with Crippen molar-refractivity contribution in [3.63, 3.8) is 0 Å². The van der Waals surface area contributed by atoms with Crippen LogP contribution in [0.1, 0.15) is 28.8 Å². The van der Waals surface area contributed by atoms with Crippen LogP contribution < -0.4 is 0 Å². The second-order valence-electron chi connectivity index (χ2n) is 6.33. The van der Waals surface area contributed by atoms with Crippen LogP contribution in [0, 0.1) is 0 Å². The van der Waals surface area contributed by atoms with E-state index in [9.17, 15) is 4.79 Å². The van der Waals surface area contributed by atoms with E-state index >= 15 is 0 Å². The average Bonchev–Trinajstić information content (AvgIpc) is 2.67. The minimum Gasteiger partial charge on any atom is -0.339 e. The quantitative estimate of drug-likeness (QED) is 0.846. The summed E-state index contributed by atoms with van der Waals surface area (Å²) >= 11 is 0. The van der Waals surface area contributed by atoms with Crippen LogP contribution in [-0.4, -0.2) is 58.4 Å². The lowest BCUT2D eigenvalue weighted by atomic mass is 10.0. The maximum absolute atomic E-state index is 12.5. The highest BCUT2D eigenvalue weighted by molar-refractivity contribution is 5.94. The lowest BCUT2D eigenvalue weighted by molar-refractivity contribution is 0.0643. The first-order valence-corrected chi connectivity index (χ1v) is 8.52. The van der Waals surface area contributed by atoms with Gasteiger partial charge in [-0.3, -0.25) is 14.8 Å². The van der Waals surface area contributed by atoms with E-state index < -0.39 is 0 Å². The van der Waals surface area contributed by atoms with Crippen LogP contribution in [0.15, 0.2) is 49.1 Å². The predicted molar refractivity (Wildman–Crippen MR) is 93.7 cm³/mol. The molecule has 1 aliphatic heterocycles. The van der Waals surface area contributed by atoms with Gasteiger partial charge in [0.25, 0.3) is 5.91 Å². The van der Waals surface area contributed by atoms with Crippen molar-refractivity contribution >= 4 is 5.91 Å². The molecule has 0 atom stereocenters. The largest absolute Gasteiger partial charge is 0.339 e. The van der Waals surface area contributed by atoms with Crippen LogP contribution in [0.4, 0.5) is 0 Å². The van der Waals surface area contributed by atoms with Gasteiger partial charge in [0, 0.05) is 63.1 Å². The fourth-order valence-corrected chi connectivity index (χ4v) is 3.23. The number of nitrogens with zero attached hydrogens (tertiary/aromatic N) is 4. The zero-order valence-corrected chi connectivity index (χ0v) is 14.1. The van der Waals surface area contributed by atoms with E-state index in [1.165, 1.54) is 5.56 Å². The first-order chi connectivity index (χ1) is 11.7. The Morgan fingerprint density at radius 1 is 1.08 bits per heavy atom. The van der Waals surface area contributed by atoms with Gasteiger partial charge >= 0.3 is 0 Å². The van der Waals surface area contributed by atoms with E-state index in [0.29, 0.717) is 11.6 Å². The Labute approximate surface area is 143 Å². The third-order valence-electron chi connectivity index (χ3n) is 4.82. The predicted octanol–water partition coefficient (Wildman–Crippen LogP) is 2.26. The highest BCUT2D eigenvalue weighted by Gasteiger charge is 2.25. The van der Waals surface area contributed by atoms with Crippen molar-refractivity contribution in [2.45, 2.75) is 25.3 Å². The smallest absolute Gasteiger partial charge is 0.253 e. The summed E-state index contributed by atoms with van der Waals surface area (Å²) in [5, 5.41) is 0. The monoisotopic (exact) mass is 324 g/mol. The lowest BCUT2D eigenvalue weighted by Gasteiger charge is -2.36. The summed E-state index contributed by atoms with van der Waals surface area (Å²) < 4.78 is 0. The molecule has 0 aliphatic carbocycles. The average molecular weight is 324 g/mol. The Balaban J connectivity index is 1.47. The van der Waals surface area contributed by atoms with E-state index in [-0.39, 0.29) is 5.91 Å². The maximum Gasteiger partial charge on any atom is 0.253 e. The van der Waals surface area contributed by atoms with Crippen molar-refractivity contribution in [1.82, 2.24) is 19.8 Å². The summed E-state index contributed by atoms with van der Waals surface area (Å²) in [5.74, 6) is 0.0904. The number of carbonyl (C=O) groups is 1. The van der Waals surface area contributed by atoms with Gasteiger partial charge in [-0.25, -0.2) is 0 Å². The van der Waals surface area contributed by atoms with E-state index in [4.69, 9.17) is 0 Å². The summed E-state index contributed by atoms with van der Waals surface area (Å²) in [6.45, 7) is 3.16. The van der Waals surface area contributed by atoms with Crippen molar-refractivity contribution in [3.8, 4) is 0 Å². The van der Waals surface area contributed by atoms with Gasteiger partial charge < -0.3 is 9.80 Å². The van der Waals surface area contributed by atoms with Gasteiger partial charge in [-0.2, -0.15) is 0 Å². The van der Waals surface area contributed by atoms with Crippen molar-refractivity contribution in [1.29, 1.82) is 0 Å². The third kappa shape index (κ3) is 4.17. The van der Waals surface area contributed by atoms with Crippen LogP contribution in [-0.2, 0) is 6.42 Å². The third-order valence-corrected chi connectivity index (χ3v) is 4.82. The Hall–Kier alpha value is -2.27. The summed E-state index contributed by atoms with van der Waals surface area (Å²) in [4.78, 5) is 24.9. The summed E-state index contributed by atoms with van der Waals surface area (Å²) in [5.41, 5.74) is 2.05. The second kappa shape index (κ2) is 8.02. The maximum atomic E-state index is 12.5. The number of carbonyl (C=O) groups excluding carboxylic acids is 1. The Morgan fingerprint density at radius 2 is 1.67 bits per heavy atom. The molecule has 5 heteroatoms. The molecular weight excluding hydrogens is 300 g/mol. The molecule has 0 N–H and O–H groups in total. The molecule has 5 nitrogen and oxygen atoms in total. The van der Waals surface area contributed by atoms with E-state index in [1.807, 2.05) is 24.3 Å². The molecule has 2 aromatic rings. The molecule has 0 radical (unpaired) electrons. The van der Waals surface area contributed by atoms with E-state index in [1.54, 1.807) is 24.5 Å². The molecule has 3 heterocycles. The van der Waals surface area contributed by atoms with Gasteiger partial charge in [0.1, 0.15) is 0 Å². The number of hydrogen-bond donors (Lipinski definition) is 0. The van der Waals surface area contributed by atoms with Gasteiger partial charge in [0.05, 0.1) is 0 Å². The number of hydrogen-bond acceptors (Lipinski definition) is 4. The summed E-state index contributed by atoms with van der Waals surface area (Å²) in [6.07, 6.45) is 10.2. The van der Waals surface area contributed by atoms with E-state index in [2.05, 4.69) is 27.0 Å². The molecule has 126 valence electrons. The SMILES string of the molecule is CN(C(=O)c1ccncc1)C1CCN(CCc2ccncc2)CC1. The molecule has 2 aromatic heterocycles. The van der Waals surface area contributed by atoms with Crippen LogP contribution in [0.3, 0.4) is 0 Å². The number of piperidine rings is 1. The Kier molecular flexibility index (Phi) is 5.54. The van der Waals surface area contributed by atoms with Crippen molar-refractivity contribution in [2.75, 3.05) is 26.7 Å². The Bertz CT molecular complexity index is 639. The molecule has 1 saturated heterocycles. The molecule has 0 unspecified atom stereocenters. The summed E-state index contributed by atoms with van der Waals surface area (Å²) in [7, 11) is 1.92. The fraction of sp³-hybridized carbons (Fsp3) is 0.421. The van der Waals surface area contributed by atoms with Gasteiger partial charge in [0.2, 0.25) is 0 Å². The number of aromatic nitrogens is 2. The standard InChI is InChI=1S/C19H24N4O/c1-22(19(24)17-4-11-21-12-5-17)18-7-14-23(15-8-18)13-6-16-2-9-20-10-3-16/h2-5,9-12,18H,6-8,13-15H2,1H3.